The Balaban J connectivity index is 1.56. The molecular formula is C17H26N2O3. The quantitative estimate of drug-likeness (QED) is 0.787. The zero-order valence-electron chi connectivity index (χ0n) is 13.3. The highest BCUT2D eigenvalue weighted by Crippen LogP contribution is 2.18. The Morgan fingerprint density at radius 1 is 1.27 bits per heavy atom. The second-order valence-electron chi connectivity index (χ2n) is 5.47. The number of likely N-dealkylation sites (tertiary alicyclic amines) is 1. The molecule has 22 heavy (non-hydrogen) atoms. The van der Waals surface area contributed by atoms with E-state index >= 15 is 0 Å². The minimum Gasteiger partial charge on any atom is -0.490 e. The third-order valence-electron chi connectivity index (χ3n) is 3.78. The monoisotopic (exact) mass is 306 g/mol. The molecule has 1 aromatic carbocycles. The van der Waals surface area contributed by atoms with Gasteiger partial charge in [-0.15, -0.1) is 0 Å². The van der Waals surface area contributed by atoms with E-state index in [1.54, 1.807) is 6.92 Å². The molecule has 1 heterocycles. The van der Waals surface area contributed by atoms with E-state index in [1.807, 2.05) is 30.3 Å². The topological polar surface area (TPSA) is 50.8 Å². The highest BCUT2D eigenvalue weighted by atomic mass is 16.5. The highest BCUT2D eigenvalue weighted by Gasteiger charge is 2.20. The van der Waals surface area contributed by atoms with E-state index in [2.05, 4.69) is 10.2 Å². The van der Waals surface area contributed by atoms with Crippen LogP contribution in [0, 0.1) is 0 Å². The molecule has 1 aliphatic rings. The molecule has 122 valence electrons. The minimum absolute atomic E-state index is 0.316. The second-order valence-corrected chi connectivity index (χ2v) is 5.47. The SMILES string of the molecule is CCOC(=O)NCCCN1CCC(Oc2ccccc2)CC1. The van der Waals surface area contributed by atoms with E-state index in [1.165, 1.54) is 0 Å². The number of benzene rings is 1. The van der Waals surface area contributed by atoms with Crippen LogP contribution < -0.4 is 10.1 Å². The number of carbonyl (C=O) groups is 1. The predicted octanol–water partition coefficient (Wildman–Crippen LogP) is 2.67. The summed E-state index contributed by atoms with van der Waals surface area (Å²) in [6, 6.07) is 10.0. The minimum atomic E-state index is -0.322. The Labute approximate surface area is 132 Å². The fourth-order valence-electron chi connectivity index (χ4n) is 2.62. The summed E-state index contributed by atoms with van der Waals surface area (Å²) < 4.78 is 10.8. The van der Waals surface area contributed by atoms with Crippen LogP contribution in [0.4, 0.5) is 4.79 Å². The summed E-state index contributed by atoms with van der Waals surface area (Å²) in [7, 11) is 0. The molecule has 0 aliphatic carbocycles. The zero-order chi connectivity index (χ0) is 15.6. The van der Waals surface area contributed by atoms with Gasteiger partial charge in [-0.25, -0.2) is 4.79 Å². The number of ether oxygens (including phenoxy) is 2. The summed E-state index contributed by atoms with van der Waals surface area (Å²) in [4.78, 5) is 13.6. The van der Waals surface area contributed by atoms with Crippen molar-refractivity contribution in [2.24, 2.45) is 0 Å². The van der Waals surface area contributed by atoms with Crippen LogP contribution in [-0.4, -0.2) is 49.9 Å². The Bertz CT molecular complexity index is 431. The van der Waals surface area contributed by atoms with Crippen molar-refractivity contribution in [3.05, 3.63) is 30.3 Å². The molecule has 0 spiro atoms. The van der Waals surface area contributed by atoms with Crippen molar-refractivity contribution in [1.82, 2.24) is 10.2 Å². The van der Waals surface area contributed by atoms with E-state index in [0.717, 1.165) is 44.6 Å². The van der Waals surface area contributed by atoms with E-state index in [4.69, 9.17) is 9.47 Å². The molecule has 1 aromatic rings. The number of piperidine rings is 1. The smallest absolute Gasteiger partial charge is 0.407 e. The maximum absolute atomic E-state index is 11.1. The number of nitrogens with zero attached hydrogens (tertiary/aromatic N) is 1. The number of amides is 1. The standard InChI is InChI=1S/C17H26N2O3/c1-2-21-17(20)18-11-6-12-19-13-9-16(10-14-19)22-15-7-4-3-5-8-15/h3-5,7-8,16H,2,6,9-14H2,1H3,(H,18,20). The van der Waals surface area contributed by atoms with Gasteiger partial charge in [-0.3, -0.25) is 0 Å². The maximum atomic E-state index is 11.1. The molecule has 5 nitrogen and oxygen atoms in total. The van der Waals surface area contributed by atoms with Crippen LogP contribution in [0.3, 0.4) is 0 Å². The van der Waals surface area contributed by atoms with Crippen molar-refractivity contribution in [1.29, 1.82) is 0 Å². The van der Waals surface area contributed by atoms with E-state index in [-0.39, 0.29) is 6.09 Å². The van der Waals surface area contributed by atoms with E-state index in [9.17, 15) is 4.79 Å². The lowest BCUT2D eigenvalue weighted by molar-refractivity contribution is 0.0997. The van der Waals surface area contributed by atoms with Crippen molar-refractivity contribution in [2.75, 3.05) is 32.8 Å². The van der Waals surface area contributed by atoms with Gasteiger partial charge in [0.1, 0.15) is 11.9 Å². The van der Waals surface area contributed by atoms with Gasteiger partial charge in [-0.1, -0.05) is 18.2 Å². The summed E-state index contributed by atoms with van der Waals surface area (Å²) in [5, 5.41) is 2.75. The Morgan fingerprint density at radius 2 is 2.00 bits per heavy atom. The normalized spacial score (nSPS) is 16.2. The Morgan fingerprint density at radius 3 is 2.68 bits per heavy atom. The maximum Gasteiger partial charge on any atom is 0.407 e. The van der Waals surface area contributed by atoms with Gasteiger partial charge in [-0.05, 0) is 44.9 Å². The zero-order valence-corrected chi connectivity index (χ0v) is 13.3. The van der Waals surface area contributed by atoms with Crippen LogP contribution >= 0.6 is 0 Å². The van der Waals surface area contributed by atoms with Gasteiger partial charge in [0.05, 0.1) is 6.61 Å². The summed E-state index contributed by atoms with van der Waals surface area (Å²) in [5.74, 6) is 0.958. The van der Waals surface area contributed by atoms with Crippen LogP contribution in [0.25, 0.3) is 0 Å². The fraction of sp³-hybridized carbons (Fsp3) is 0.588. The number of carbonyl (C=O) groups excluding carboxylic acids is 1. The lowest BCUT2D eigenvalue weighted by atomic mass is 10.1. The second kappa shape index (κ2) is 9.30. The molecule has 1 aliphatic heterocycles. The largest absolute Gasteiger partial charge is 0.490 e. The number of nitrogens with one attached hydrogen (secondary N) is 1. The van der Waals surface area contributed by atoms with Crippen LogP contribution in [0.15, 0.2) is 30.3 Å². The highest BCUT2D eigenvalue weighted by molar-refractivity contribution is 5.66. The molecule has 2 rings (SSSR count). The van der Waals surface area contributed by atoms with Gasteiger partial charge in [0.2, 0.25) is 0 Å². The van der Waals surface area contributed by atoms with Crippen LogP contribution in [0.1, 0.15) is 26.2 Å². The van der Waals surface area contributed by atoms with Crippen molar-refractivity contribution in [2.45, 2.75) is 32.3 Å². The average molecular weight is 306 g/mol. The molecule has 1 N–H and O–H groups in total. The van der Waals surface area contributed by atoms with Gasteiger partial charge in [0, 0.05) is 19.6 Å². The molecule has 0 atom stereocenters. The van der Waals surface area contributed by atoms with Crippen LogP contribution in [-0.2, 0) is 4.74 Å². The third kappa shape index (κ3) is 5.93. The molecule has 0 saturated carbocycles. The molecule has 0 unspecified atom stereocenters. The molecule has 0 bridgehead atoms. The first-order chi connectivity index (χ1) is 10.8. The molecular weight excluding hydrogens is 280 g/mol. The average Bonchev–Trinajstić information content (AvgIpc) is 2.54. The van der Waals surface area contributed by atoms with E-state index in [0.29, 0.717) is 19.3 Å². The summed E-state index contributed by atoms with van der Waals surface area (Å²) >= 11 is 0. The lowest BCUT2D eigenvalue weighted by Crippen LogP contribution is -2.39. The Kier molecular flexibility index (Phi) is 7.03. The van der Waals surface area contributed by atoms with Gasteiger partial charge in [0.15, 0.2) is 0 Å². The molecule has 1 fully saturated rings. The van der Waals surface area contributed by atoms with Gasteiger partial charge >= 0.3 is 6.09 Å². The first-order valence-electron chi connectivity index (χ1n) is 8.12. The first-order valence-corrected chi connectivity index (χ1v) is 8.12. The molecule has 1 saturated heterocycles. The number of rotatable bonds is 7. The van der Waals surface area contributed by atoms with Crippen molar-refractivity contribution >= 4 is 6.09 Å². The number of hydrogen-bond acceptors (Lipinski definition) is 4. The van der Waals surface area contributed by atoms with Crippen molar-refractivity contribution in [3.8, 4) is 5.75 Å². The molecule has 0 radical (unpaired) electrons. The predicted molar refractivity (Wildman–Crippen MR) is 86.2 cm³/mol. The molecule has 0 aromatic heterocycles. The van der Waals surface area contributed by atoms with Crippen molar-refractivity contribution < 1.29 is 14.3 Å². The van der Waals surface area contributed by atoms with Crippen LogP contribution in [0.2, 0.25) is 0 Å². The Hall–Kier alpha value is -1.75. The first kappa shape index (κ1) is 16.6. The van der Waals surface area contributed by atoms with Gasteiger partial charge in [0.25, 0.3) is 0 Å². The lowest BCUT2D eigenvalue weighted by Gasteiger charge is -2.32. The summed E-state index contributed by atoms with van der Waals surface area (Å²) in [6.45, 7) is 6.00. The van der Waals surface area contributed by atoms with E-state index < -0.39 is 0 Å². The molecule has 1 amide bonds. The summed E-state index contributed by atoms with van der Waals surface area (Å²) in [6.07, 6.45) is 3.05. The van der Waals surface area contributed by atoms with Crippen LogP contribution in [0.5, 0.6) is 5.75 Å². The van der Waals surface area contributed by atoms with Gasteiger partial charge in [-0.2, -0.15) is 0 Å². The van der Waals surface area contributed by atoms with Crippen molar-refractivity contribution in [3.63, 3.8) is 0 Å². The fourth-order valence-corrected chi connectivity index (χ4v) is 2.62. The number of hydrogen-bond donors (Lipinski definition) is 1. The number of para-hydroxylation sites is 1. The third-order valence-corrected chi connectivity index (χ3v) is 3.78. The summed E-state index contributed by atoms with van der Waals surface area (Å²) in [5.41, 5.74) is 0. The van der Waals surface area contributed by atoms with Gasteiger partial charge < -0.3 is 19.7 Å². The molecule has 5 heteroatoms. The number of alkyl carbamates (subject to hydrolysis) is 1.